The molecule has 0 aliphatic rings. The Morgan fingerprint density at radius 1 is 1.39 bits per heavy atom. The van der Waals surface area contributed by atoms with Crippen LogP contribution in [0.4, 0.5) is 5.82 Å². The van der Waals surface area contributed by atoms with Gasteiger partial charge in [0.2, 0.25) is 0 Å². The van der Waals surface area contributed by atoms with Crippen molar-refractivity contribution in [2.75, 3.05) is 39.3 Å². The van der Waals surface area contributed by atoms with Crippen molar-refractivity contribution in [3.63, 3.8) is 0 Å². The number of anilines is 1. The first-order valence-electron chi connectivity index (χ1n) is 6.44. The fraction of sp³-hybridized carbons (Fsp3) is 0.643. The molecule has 0 fully saturated rings. The highest BCUT2D eigenvalue weighted by molar-refractivity contribution is 5.42. The number of aromatic nitrogens is 1. The third-order valence-corrected chi connectivity index (χ3v) is 2.89. The van der Waals surface area contributed by atoms with Gasteiger partial charge in [0.05, 0.1) is 6.61 Å². The Bertz CT molecular complexity index is 366. The van der Waals surface area contributed by atoms with Crippen LogP contribution in [0.1, 0.15) is 31.0 Å². The summed E-state index contributed by atoms with van der Waals surface area (Å²) in [6.07, 6.45) is 0. The highest BCUT2D eigenvalue weighted by Crippen LogP contribution is 2.19. The van der Waals surface area contributed by atoms with Crippen molar-refractivity contribution in [2.45, 2.75) is 26.3 Å². The predicted molar refractivity (Wildman–Crippen MR) is 76.2 cm³/mol. The zero-order chi connectivity index (χ0) is 13.5. The van der Waals surface area contributed by atoms with E-state index in [2.05, 4.69) is 43.2 Å². The minimum atomic E-state index is 0.441. The number of hydrogen-bond acceptors (Lipinski definition) is 4. The Balaban J connectivity index is 2.94. The number of methoxy groups -OCH3 is 1. The maximum atomic E-state index is 5.11. The van der Waals surface area contributed by atoms with Gasteiger partial charge in [-0.15, -0.1) is 0 Å². The molecule has 102 valence electrons. The lowest BCUT2D eigenvalue weighted by molar-refractivity contribution is 0.206. The van der Waals surface area contributed by atoms with Crippen molar-refractivity contribution in [1.82, 2.24) is 10.3 Å². The van der Waals surface area contributed by atoms with Crippen LogP contribution in [-0.4, -0.2) is 39.3 Å². The highest BCUT2D eigenvalue weighted by atomic mass is 16.5. The fourth-order valence-corrected chi connectivity index (χ4v) is 1.73. The number of rotatable bonds is 7. The van der Waals surface area contributed by atoms with Crippen LogP contribution in [0.2, 0.25) is 0 Å². The van der Waals surface area contributed by atoms with Gasteiger partial charge in [0.15, 0.2) is 0 Å². The monoisotopic (exact) mass is 251 g/mol. The van der Waals surface area contributed by atoms with Gasteiger partial charge in [-0.3, -0.25) is 0 Å². The summed E-state index contributed by atoms with van der Waals surface area (Å²) in [5.74, 6) is 1.46. The molecule has 0 unspecified atom stereocenters. The zero-order valence-electron chi connectivity index (χ0n) is 12.2. The van der Waals surface area contributed by atoms with Gasteiger partial charge < -0.3 is 15.0 Å². The van der Waals surface area contributed by atoms with Crippen LogP contribution in [0.3, 0.4) is 0 Å². The van der Waals surface area contributed by atoms with Gasteiger partial charge in [-0.25, -0.2) is 4.98 Å². The van der Waals surface area contributed by atoms with Gasteiger partial charge in [0.1, 0.15) is 5.82 Å². The topological polar surface area (TPSA) is 37.4 Å². The van der Waals surface area contributed by atoms with Gasteiger partial charge in [0.25, 0.3) is 0 Å². The van der Waals surface area contributed by atoms with Crippen LogP contribution in [0.5, 0.6) is 0 Å². The molecule has 0 saturated heterocycles. The summed E-state index contributed by atoms with van der Waals surface area (Å²) in [4.78, 5) is 6.84. The van der Waals surface area contributed by atoms with Crippen LogP contribution >= 0.6 is 0 Å². The van der Waals surface area contributed by atoms with Crippen LogP contribution < -0.4 is 10.2 Å². The zero-order valence-corrected chi connectivity index (χ0v) is 12.2. The van der Waals surface area contributed by atoms with Crippen LogP contribution in [0.15, 0.2) is 12.1 Å². The summed E-state index contributed by atoms with van der Waals surface area (Å²) in [6.45, 7) is 6.78. The van der Waals surface area contributed by atoms with Crippen molar-refractivity contribution < 1.29 is 4.74 Å². The number of pyridine rings is 1. The normalized spacial score (nSPS) is 11.0. The van der Waals surface area contributed by atoms with E-state index in [-0.39, 0.29) is 0 Å². The SMILES string of the molecule is CNCc1cc(C(C)C)nc(N(C)CCOC)c1. The molecule has 0 aromatic carbocycles. The van der Waals surface area contributed by atoms with E-state index < -0.39 is 0 Å². The second-order valence-corrected chi connectivity index (χ2v) is 4.86. The Hall–Kier alpha value is -1.13. The van der Waals surface area contributed by atoms with E-state index in [1.54, 1.807) is 7.11 Å². The molecule has 4 nitrogen and oxygen atoms in total. The molecule has 1 N–H and O–H groups in total. The Kier molecular flexibility index (Phi) is 6.09. The number of likely N-dealkylation sites (N-methyl/N-ethyl adjacent to an activating group) is 1. The van der Waals surface area contributed by atoms with Crippen LogP contribution in [-0.2, 0) is 11.3 Å². The number of nitrogens with zero attached hydrogens (tertiary/aromatic N) is 2. The molecular formula is C14H25N3O. The van der Waals surface area contributed by atoms with E-state index in [1.165, 1.54) is 5.56 Å². The molecule has 0 aliphatic carbocycles. The number of hydrogen-bond donors (Lipinski definition) is 1. The number of nitrogens with one attached hydrogen (secondary N) is 1. The van der Waals surface area contributed by atoms with Crippen molar-refractivity contribution in [1.29, 1.82) is 0 Å². The summed E-state index contributed by atoms with van der Waals surface area (Å²) < 4.78 is 5.11. The standard InChI is InChI=1S/C14H25N3O/c1-11(2)13-8-12(10-15-3)9-14(16-13)17(4)6-7-18-5/h8-9,11,15H,6-7,10H2,1-5H3. The molecule has 1 rings (SSSR count). The molecule has 0 spiro atoms. The molecule has 18 heavy (non-hydrogen) atoms. The van der Waals surface area contributed by atoms with Gasteiger partial charge in [-0.05, 0) is 30.7 Å². The van der Waals surface area contributed by atoms with Gasteiger partial charge in [-0.1, -0.05) is 13.8 Å². The molecule has 1 heterocycles. The fourth-order valence-electron chi connectivity index (χ4n) is 1.73. The largest absolute Gasteiger partial charge is 0.383 e. The van der Waals surface area contributed by atoms with E-state index in [4.69, 9.17) is 9.72 Å². The Labute approximate surface area is 110 Å². The van der Waals surface area contributed by atoms with E-state index in [1.807, 2.05) is 7.05 Å². The quantitative estimate of drug-likeness (QED) is 0.804. The molecular weight excluding hydrogens is 226 g/mol. The maximum absolute atomic E-state index is 5.11. The average molecular weight is 251 g/mol. The molecule has 0 saturated carbocycles. The predicted octanol–water partition coefficient (Wildman–Crippen LogP) is 2.01. The van der Waals surface area contributed by atoms with Crippen LogP contribution in [0, 0.1) is 0 Å². The summed E-state index contributed by atoms with van der Waals surface area (Å²) in [5.41, 5.74) is 2.41. The molecule has 0 atom stereocenters. The molecule has 0 amide bonds. The van der Waals surface area contributed by atoms with Crippen LogP contribution in [0.25, 0.3) is 0 Å². The van der Waals surface area contributed by atoms with Gasteiger partial charge in [-0.2, -0.15) is 0 Å². The minimum Gasteiger partial charge on any atom is -0.383 e. The van der Waals surface area contributed by atoms with E-state index in [0.717, 1.165) is 24.6 Å². The van der Waals surface area contributed by atoms with Crippen molar-refractivity contribution in [2.24, 2.45) is 0 Å². The van der Waals surface area contributed by atoms with E-state index in [0.29, 0.717) is 12.5 Å². The van der Waals surface area contributed by atoms with Crippen molar-refractivity contribution in [3.8, 4) is 0 Å². The minimum absolute atomic E-state index is 0.441. The molecule has 1 aromatic heterocycles. The maximum Gasteiger partial charge on any atom is 0.128 e. The van der Waals surface area contributed by atoms with E-state index in [9.17, 15) is 0 Å². The molecule has 0 radical (unpaired) electrons. The summed E-state index contributed by atoms with van der Waals surface area (Å²) in [5, 5.41) is 3.19. The first-order chi connectivity index (χ1) is 8.58. The second kappa shape index (κ2) is 7.34. The molecule has 4 heteroatoms. The lowest BCUT2D eigenvalue weighted by Gasteiger charge is -2.20. The molecule has 0 bridgehead atoms. The van der Waals surface area contributed by atoms with Crippen molar-refractivity contribution >= 4 is 5.82 Å². The van der Waals surface area contributed by atoms with Gasteiger partial charge >= 0.3 is 0 Å². The summed E-state index contributed by atoms with van der Waals surface area (Å²) >= 11 is 0. The number of ether oxygens (including phenoxy) is 1. The first kappa shape index (κ1) is 14.9. The smallest absolute Gasteiger partial charge is 0.128 e. The Morgan fingerprint density at radius 2 is 2.11 bits per heavy atom. The van der Waals surface area contributed by atoms with Gasteiger partial charge in [0, 0.05) is 32.9 Å². The second-order valence-electron chi connectivity index (χ2n) is 4.86. The molecule has 1 aromatic rings. The van der Waals surface area contributed by atoms with Crippen molar-refractivity contribution in [3.05, 3.63) is 23.4 Å². The third kappa shape index (κ3) is 4.27. The Morgan fingerprint density at radius 3 is 2.67 bits per heavy atom. The summed E-state index contributed by atoms with van der Waals surface area (Å²) in [6, 6.07) is 4.31. The molecule has 0 aliphatic heterocycles. The lowest BCUT2D eigenvalue weighted by atomic mass is 10.1. The lowest BCUT2D eigenvalue weighted by Crippen LogP contribution is -2.24. The highest BCUT2D eigenvalue weighted by Gasteiger charge is 2.09. The summed E-state index contributed by atoms with van der Waals surface area (Å²) in [7, 11) is 5.73. The first-order valence-corrected chi connectivity index (χ1v) is 6.44. The third-order valence-electron chi connectivity index (χ3n) is 2.89. The average Bonchev–Trinajstić information content (AvgIpc) is 2.35. The van der Waals surface area contributed by atoms with E-state index >= 15 is 0 Å².